The molecule has 1 aromatic carbocycles. The minimum atomic E-state index is -0.785. The van der Waals surface area contributed by atoms with Gasteiger partial charge in [-0.05, 0) is 75.0 Å². The number of carbonyl (C=O) groups excluding carboxylic acids is 1. The first kappa shape index (κ1) is 19.5. The van der Waals surface area contributed by atoms with Gasteiger partial charge in [-0.2, -0.15) is 0 Å². The monoisotopic (exact) mass is 398 g/mol. The minimum absolute atomic E-state index is 0.0520. The molecule has 1 atom stereocenters. The highest BCUT2D eigenvalue weighted by atomic mass is 19.1. The van der Waals surface area contributed by atoms with E-state index in [2.05, 4.69) is 15.6 Å². The topological polar surface area (TPSA) is 58.4 Å². The Labute approximate surface area is 168 Å². The van der Waals surface area contributed by atoms with Crippen LogP contribution in [-0.2, 0) is 6.42 Å². The van der Waals surface area contributed by atoms with Gasteiger partial charge in [0, 0.05) is 18.8 Å². The van der Waals surface area contributed by atoms with E-state index >= 15 is 0 Å². The van der Waals surface area contributed by atoms with Crippen LogP contribution in [-0.4, -0.2) is 35.4 Å². The minimum Gasteiger partial charge on any atom is -0.355 e. The molecule has 0 aliphatic carbocycles. The fourth-order valence-electron chi connectivity index (χ4n) is 4.04. The first-order valence-corrected chi connectivity index (χ1v) is 9.87. The Morgan fingerprint density at radius 2 is 2.07 bits per heavy atom. The van der Waals surface area contributed by atoms with Crippen molar-refractivity contribution in [3.8, 4) is 11.3 Å². The third-order valence-electron chi connectivity index (χ3n) is 5.53. The molecule has 7 heteroatoms. The van der Waals surface area contributed by atoms with E-state index in [1.807, 2.05) is 29.7 Å². The van der Waals surface area contributed by atoms with E-state index in [-0.39, 0.29) is 11.1 Å². The lowest BCUT2D eigenvalue weighted by atomic mass is 9.92. The zero-order valence-corrected chi connectivity index (χ0v) is 16.6. The molecule has 0 bridgehead atoms. The summed E-state index contributed by atoms with van der Waals surface area (Å²) in [4.78, 5) is 16.4. The molecule has 5 nitrogen and oxygen atoms in total. The number of fused-ring (bicyclic) bond motifs is 1. The molecular weight excluding hydrogens is 374 g/mol. The van der Waals surface area contributed by atoms with Crippen molar-refractivity contribution in [2.24, 2.45) is 5.92 Å². The Bertz CT molecular complexity index is 1050. The van der Waals surface area contributed by atoms with Gasteiger partial charge in [0.1, 0.15) is 17.3 Å². The van der Waals surface area contributed by atoms with Crippen LogP contribution in [0.15, 0.2) is 30.5 Å². The van der Waals surface area contributed by atoms with Gasteiger partial charge in [0.15, 0.2) is 0 Å². The largest absolute Gasteiger partial charge is 0.355 e. The molecule has 2 aromatic heterocycles. The van der Waals surface area contributed by atoms with Crippen LogP contribution in [0.25, 0.3) is 16.9 Å². The Kier molecular flexibility index (Phi) is 5.32. The predicted octanol–water partition coefficient (Wildman–Crippen LogP) is 3.49. The molecule has 0 saturated carbocycles. The van der Waals surface area contributed by atoms with Gasteiger partial charge < -0.3 is 15.0 Å². The van der Waals surface area contributed by atoms with Crippen LogP contribution in [0.5, 0.6) is 0 Å². The standard InChI is InChI=1S/C22H24F2N4O/c1-13-5-7-28-18(9-14-4-3-6-26-12-14)21(27-19(28)8-13)20-16(23)10-15(11-17(20)24)22(29)25-2/h5,7-8,10-11,14,26H,3-4,6,9,12H2,1-2H3,(H,25,29)/t14-/m0/s1. The van der Waals surface area contributed by atoms with E-state index in [1.54, 1.807) is 0 Å². The number of nitrogens with zero attached hydrogens (tertiary/aromatic N) is 2. The van der Waals surface area contributed by atoms with Gasteiger partial charge in [-0.15, -0.1) is 0 Å². The number of rotatable bonds is 4. The lowest BCUT2D eigenvalue weighted by Crippen LogP contribution is -2.31. The molecule has 1 saturated heterocycles. The maximum absolute atomic E-state index is 15.0. The van der Waals surface area contributed by atoms with Crippen LogP contribution in [0.2, 0.25) is 0 Å². The number of benzene rings is 1. The molecule has 4 rings (SSSR count). The predicted molar refractivity (Wildman–Crippen MR) is 108 cm³/mol. The number of halogens is 2. The van der Waals surface area contributed by atoms with Crippen LogP contribution in [0.3, 0.4) is 0 Å². The van der Waals surface area contributed by atoms with Gasteiger partial charge >= 0.3 is 0 Å². The summed E-state index contributed by atoms with van der Waals surface area (Å²) in [6.45, 7) is 3.83. The fourth-order valence-corrected chi connectivity index (χ4v) is 4.04. The number of piperidine rings is 1. The van der Waals surface area contributed by atoms with Crippen LogP contribution in [0.1, 0.15) is 34.5 Å². The molecular formula is C22H24F2N4O. The Morgan fingerprint density at radius 3 is 2.72 bits per heavy atom. The smallest absolute Gasteiger partial charge is 0.251 e. The summed E-state index contributed by atoms with van der Waals surface area (Å²) < 4.78 is 31.9. The zero-order valence-electron chi connectivity index (χ0n) is 16.6. The summed E-state index contributed by atoms with van der Waals surface area (Å²) in [5.74, 6) is -1.73. The molecule has 2 N–H and O–H groups in total. The van der Waals surface area contributed by atoms with Gasteiger partial charge in [0.05, 0.1) is 17.0 Å². The number of aromatic nitrogens is 2. The maximum Gasteiger partial charge on any atom is 0.251 e. The Hall–Kier alpha value is -2.80. The van der Waals surface area contributed by atoms with Gasteiger partial charge in [0.2, 0.25) is 0 Å². The highest BCUT2D eigenvalue weighted by Gasteiger charge is 2.25. The normalized spacial score (nSPS) is 16.9. The average Bonchev–Trinajstić information content (AvgIpc) is 3.04. The number of imidazole rings is 1. The van der Waals surface area contributed by atoms with E-state index in [9.17, 15) is 13.6 Å². The molecule has 1 amide bonds. The first-order valence-electron chi connectivity index (χ1n) is 9.87. The molecule has 1 aliphatic heterocycles. The number of hydrogen-bond acceptors (Lipinski definition) is 3. The maximum atomic E-state index is 15.0. The van der Waals surface area contributed by atoms with Crippen molar-refractivity contribution in [2.75, 3.05) is 20.1 Å². The zero-order chi connectivity index (χ0) is 20.5. The number of carbonyl (C=O) groups is 1. The molecule has 1 fully saturated rings. The van der Waals surface area contributed by atoms with Crippen LogP contribution >= 0.6 is 0 Å². The van der Waals surface area contributed by atoms with Crippen molar-refractivity contribution in [1.82, 2.24) is 20.0 Å². The van der Waals surface area contributed by atoms with E-state index in [1.165, 1.54) is 7.05 Å². The van der Waals surface area contributed by atoms with E-state index in [4.69, 9.17) is 0 Å². The molecule has 3 aromatic rings. The summed E-state index contributed by atoms with van der Waals surface area (Å²) in [7, 11) is 1.42. The van der Waals surface area contributed by atoms with Crippen molar-refractivity contribution < 1.29 is 13.6 Å². The van der Waals surface area contributed by atoms with E-state index < -0.39 is 17.5 Å². The third-order valence-corrected chi connectivity index (χ3v) is 5.53. The molecule has 0 radical (unpaired) electrons. The van der Waals surface area contributed by atoms with Gasteiger partial charge in [-0.3, -0.25) is 4.79 Å². The Balaban J connectivity index is 1.86. The van der Waals surface area contributed by atoms with Crippen molar-refractivity contribution in [2.45, 2.75) is 26.2 Å². The van der Waals surface area contributed by atoms with Crippen molar-refractivity contribution in [1.29, 1.82) is 0 Å². The second-order valence-electron chi connectivity index (χ2n) is 7.65. The first-order chi connectivity index (χ1) is 14.0. The second kappa shape index (κ2) is 7.91. The average molecular weight is 398 g/mol. The highest BCUT2D eigenvalue weighted by Crippen LogP contribution is 2.32. The number of hydrogen-bond donors (Lipinski definition) is 2. The second-order valence-corrected chi connectivity index (χ2v) is 7.65. The molecule has 152 valence electrons. The van der Waals surface area contributed by atoms with Gasteiger partial charge in [-0.1, -0.05) is 0 Å². The molecule has 3 heterocycles. The quantitative estimate of drug-likeness (QED) is 0.707. The van der Waals surface area contributed by atoms with Gasteiger partial charge in [0.25, 0.3) is 5.91 Å². The number of amides is 1. The number of nitrogens with one attached hydrogen (secondary N) is 2. The SMILES string of the molecule is CNC(=O)c1cc(F)c(-c2nc3cc(C)ccn3c2C[C@@H]2CCCNC2)c(F)c1. The van der Waals surface area contributed by atoms with Crippen LogP contribution in [0.4, 0.5) is 8.78 Å². The lowest BCUT2D eigenvalue weighted by Gasteiger charge is -2.23. The summed E-state index contributed by atoms with van der Waals surface area (Å²) in [5.41, 5.74) is 2.55. The molecule has 1 aliphatic rings. The number of aryl methyl sites for hydroxylation is 1. The fraction of sp³-hybridized carbons (Fsp3) is 0.364. The molecule has 0 spiro atoms. The van der Waals surface area contributed by atoms with Crippen LogP contribution in [0, 0.1) is 24.5 Å². The van der Waals surface area contributed by atoms with E-state index in [0.717, 1.165) is 49.3 Å². The Morgan fingerprint density at radius 1 is 1.31 bits per heavy atom. The summed E-state index contributed by atoms with van der Waals surface area (Å²) in [6.07, 6.45) is 4.72. The van der Waals surface area contributed by atoms with Crippen molar-refractivity contribution in [3.63, 3.8) is 0 Å². The van der Waals surface area contributed by atoms with Crippen LogP contribution < -0.4 is 10.6 Å². The summed E-state index contributed by atoms with van der Waals surface area (Å²) in [5, 5.41) is 5.78. The van der Waals surface area contributed by atoms with Gasteiger partial charge in [-0.25, -0.2) is 13.8 Å². The third kappa shape index (κ3) is 3.74. The van der Waals surface area contributed by atoms with Crippen molar-refractivity contribution in [3.05, 3.63) is 58.9 Å². The highest BCUT2D eigenvalue weighted by molar-refractivity contribution is 5.94. The lowest BCUT2D eigenvalue weighted by molar-refractivity contribution is 0.0962. The number of pyridine rings is 1. The summed E-state index contributed by atoms with van der Waals surface area (Å²) >= 11 is 0. The van der Waals surface area contributed by atoms with E-state index in [0.29, 0.717) is 23.7 Å². The van der Waals surface area contributed by atoms with Crippen molar-refractivity contribution >= 4 is 11.6 Å². The summed E-state index contributed by atoms with van der Waals surface area (Å²) in [6, 6.07) is 6.00. The molecule has 0 unspecified atom stereocenters. The molecule has 29 heavy (non-hydrogen) atoms.